The molecule has 0 saturated carbocycles. The predicted molar refractivity (Wildman–Crippen MR) is 602 cm³/mol. The van der Waals surface area contributed by atoms with Gasteiger partial charge in [0, 0.05) is 53.6 Å². The molecule has 1 saturated heterocycles. The Bertz CT molecular complexity index is 5380. The van der Waals surface area contributed by atoms with E-state index in [0.29, 0.717) is 0 Å². The van der Waals surface area contributed by atoms with Gasteiger partial charge in [-0.2, -0.15) is 4.58 Å². The van der Waals surface area contributed by atoms with Crippen LogP contribution in [0, 0.1) is 65.5 Å². The van der Waals surface area contributed by atoms with Crippen LogP contribution in [0.1, 0.15) is 179 Å². The van der Waals surface area contributed by atoms with Crippen molar-refractivity contribution < 1.29 is 92.7 Å². The zero-order valence-corrected chi connectivity index (χ0v) is 96.0. The van der Waals surface area contributed by atoms with Crippen molar-refractivity contribution in [2.75, 3.05) is 4.90 Å². The topological polar surface area (TPSA) is 38.8 Å². The molecule has 0 N–H and O–H groups in total. The summed E-state index contributed by atoms with van der Waals surface area (Å²) in [4.78, 5) is 2.50. The second-order valence-electron chi connectivity index (χ2n) is 37.9. The zero-order valence-electron chi connectivity index (χ0n) is 83.8. The van der Waals surface area contributed by atoms with E-state index in [0.717, 1.165) is 26.7 Å². The maximum absolute atomic E-state index is 9.67. The van der Waals surface area contributed by atoms with Crippen LogP contribution in [0.25, 0.3) is 16.3 Å². The monoisotopic (exact) mass is 2260 g/mol. The van der Waals surface area contributed by atoms with Gasteiger partial charge in [0.2, 0.25) is 5.69 Å². The van der Waals surface area contributed by atoms with Crippen molar-refractivity contribution in [1.82, 2.24) is 0 Å². The average molecular weight is 2260 g/mol. The second-order valence-corrected chi connectivity index (χ2v) is 63.3. The van der Waals surface area contributed by atoms with Crippen LogP contribution in [-0.4, -0.2) is 66.8 Å². The third kappa shape index (κ3) is 43.7. The fraction of sp³-hybridized carbons (Fsp3) is 0.296. The number of fused-ring (bicyclic) bond motifs is 1. The van der Waals surface area contributed by atoms with Crippen molar-refractivity contribution >= 4 is 159 Å². The maximum Gasteiger partial charge on any atom is 1.00 e. The minimum atomic E-state index is -3.67. The Morgan fingerprint density at radius 3 is 1.11 bits per heavy atom. The smallest absolute Gasteiger partial charge is 1.00 e. The first-order valence-electron chi connectivity index (χ1n) is 45.1. The quantitative estimate of drug-likeness (QED) is 0.0300. The van der Waals surface area contributed by atoms with E-state index in [4.69, 9.17) is 52.9 Å². The molecule has 1 fully saturated rings. The Morgan fingerprint density at radius 2 is 0.812 bits per heavy atom. The number of anilines is 1. The van der Waals surface area contributed by atoms with Crippen LogP contribution >= 0.6 is 64.7 Å². The molecule has 15 rings (SSSR count). The number of ether oxygens (including phenoxy) is 2. The fourth-order valence-corrected chi connectivity index (χ4v) is 34.0. The molecule has 743 valence electrons. The summed E-state index contributed by atoms with van der Waals surface area (Å²) in [6.07, 6.45) is 11.4. The molecule has 0 bridgehead atoms. The number of aryl methyl sites for hydroxylation is 6. The van der Waals surface area contributed by atoms with Crippen LogP contribution in [0.15, 0.2) is 322 Å². The van der Waals surface area contributed by atoms with Crippen LogP contribution in [0.3, 0.4) is 0 Å². The van der Waals surface area contributed by atoms with E-state index in [-0.39, 0.29) is 72.5 Å². The summed E-state index contributed by atoms with van der Waals surface area (Å²) in [5.41, 5.74) is 19.0. The summed E-state index contributed by atoms with van der Waals surface area (Å²) in [6, 6.07) is 109. The molecule has 2 heterocycles. The van der Waals surface area contributed by atoms with Gasteiger partial charge in [0.15, 0.2) is 20.0 Å². The summed E-state index contributed by atoms with van der Waals surface area (Å²) in [5, 5.41) is 8.61. The van der Waals surface area contributed by atoms with E-state index in [1.54, 1.807) is 0 Å². The Kier molecular flexibility index (Phi) is 57.7. The number of nitrogens with zero attached hydrogens (tertiary/aromatic N) is 3. The molecule has 2 aliphatic heterocycles. The molecular weight excluding hydrogens is 2110 g/mol. The summed E-state index contributed by atoms with van der Waals surface area (Å²) in [5.74, 6) is 1.80. The SMILES string of the molecule is C.C.CC(C)Oc1ccccc1[CH]=[Ru]([Cl])[Cl].CC=Cc1ccccc1OC(C)C.Cc1cc(C)c(N2[CH-]C(C)(C)CC2(C)C)c(C)c1.Cc1cc(C)c([N+]2=CC(C)(C)CC2(C)C)c(C)c1.FB(F)F.[CH2+][Si](C)(C)[N-][Si](C)(C)C.[Cl][Cu+].[Cl][Ru]([Cl])=[C]1C=C(c2ccccc2)c2ccccc21.[F-].[Li+].c1ccc([PH+](c2ccccc2)c2ccccc2)cc1.c1ccc([PH+](c2ccccc2)c2ccccc2)cc1. The zero-order chi connectivity index (χ0) is 99.3. The van der Waals surface area contributed by atoms with Gasteiger partial charge in [0.05, 0.1) is 21.9 Å². The van der Waals surface area contributed by atoms with E-state index >= 15 is 0 Å². The van der Waals surface area contributed by atoms with Crippen molar-refractivity contribution in [2.45, 2.75) is 215 Å². The third-order valence-corrected chi connectivity index (χ3v) is 36.4. The first kappa shape index (κ1) is 128. The number of hydrogen-bond donors (Lipinski definition) is 0. The Hall–Kier alpha value is -6.35. The van der Waals surface area contributed by atoms with E-state index in [1.165, 1.54) is 112 Å². The van der Waals surface area contributed by atoms with E-state index in [1.807, 2.05) is 112 Å². The Balaban J connectivity index is 0.000000530. The maximum atomic E-state index is 9.67. The molecule has 0 amide bonds. The minimum absolute atomic E-state index is 0. The molecule has 138 heavy (non-hydrogen) atoms. The van der Waals surface area contributed by atoms with Gasteiger partial charge in [-0.05, 0) is 198 Å². The normalized spacial score (nSPS) is 13.6. The Morgan fingerprint density at radius 1 is 0.493 bits per heavy atom. The summed E-state index contributed by atoms with van der Waals surface area (Å²) in [7, 11) is 20.3. The Labute approximate surface area is 885 Å². The standard InChI is InChI=1S/2C18H15P.2C17H26N.C15H10.C12H16O.C10H12O.C6H17NSi2.2CH4.BF3.5ClH.Cu.FH.Li.2Ru/c2*1-4-10-16(11-5-1)19(17-12-6-2-7-13-17)18-14-8-3-9-15-18;2*1-12-8-13(2)15(14(3)9-12)18-11-16(4,5)10-17(18,6)7;1-2-6-12(7-3-1)15-11-10-13-8-4-5-9-14(13)15;1-4-7-11-8-5-6-9-12(11)13-10(2)3;1-8(2)11-10-7-5-4-6-9(10)3;1-8(2,3)7-9(4,5)6;;;2-1(3)4;;;;;;;;;;/h2*1-15H;2*8-9,11H,10H2,1-7H3;1-9,11H;4-10H,1-3H3;3-8H,1-2H3;1H2,2-6H3;2*1H4;;5*1H;;1H;;;/q;;-1;+1;;;;;;;;;;;;;+2;;+1;2*+2/p-4. The fourth-order valence-electron chi connectivity index (χ4n) is 17.3. The van der Waals surface area contributed by atoms with Crippen LogP contribution in [-0.2, 0) is 42.1 Å². The van der Waals surface area contributed by atoms with Crippen LogP contribution in [0.5, 0.6) is 11.5 Å². The van der Waals surface area contributed by atoms with Gasteiger partial charge in [0.1, 0.15) is 37.6 Å². The largest absolute Gasteiger partial charge is 1.00 e. The van der Waals surface area contributed by atoms with Crippen molar-refractivity contribution in [2.24, 2.45) is 10.8 Å². The molecule has 0 unspecified atom stereocenters. The third-order valence-electron chi connectivity index (χ3n) is 20.9. The van der Waals surface area contributed by atoms with E-state index in [9.17, 15) is 12.9 Å². The number of halogens is 9. The van der Waals surface area contributed by atoms with Crippen molar-refractivity contribution in [3.8, 4) is 11.5 Å². The van der Waals surface area contributed by atoms with Gasteiger partial charge in [0.25, 0.3) is 0 Å². The summed E-state index contributed by atoms with van der Waals surface area (Å²) < 4.78 is 50.5. The molecule has 1 aliphatic carbocycles. The molecule has 3 aliphatic rings. The number of para-hydroxylation sites is 2. The van der Waals surface area contributed by atoms with Gasteiger partial charge in [-0.1, -0.05) is 240 Å². The average Bonchev–Trinajstić information content (AvgIpc) is 1.62. The number of allylic oxidation sites excluding steroid dienone is 2. The summed E-state index contributed by atoms with van der Waals surface area (Å²) in [6.45, 7) is 59.6. The number of benzene rings is 12. The molecular formula is C115H147BCl5CuF4LiN3O2P2Ru2Si2+3. The van der Waals surface area contributed by atoms with Gasteiger partial charge < -0.3 is 19.0 Å². The van der Waals surface area contributed by atoms with Gasteiger partial charge >= 0.3 is 269 Å². The minimum Gasteiger partial charge on any atom is -1.00 e. The number of hydrogen-bond acceptors (Lipinski definition) is 3. The second kappa shape index (κ2) is 62.4. The molecule has 23 heteroatoms. The van der Waals surface area contributed by atoms with Gasteiger partial charge in [-0.15, -0.1) is 5.41 Å². The van der Waals surface area contributed by atoms with Crippen LogP contribution < -0.4 is 69.8 Å². The van der Waals surface area contributed by atoms with Crippen molar-refractivity contribution in [3.05, 3.63) is 400 Å². The van der Waals surface area contributed by atoms with Gasteiger partial charge in [-0.3, -0.25) is 12.9 Å². The first-order valence-corrected chi connectivity index (χ1v) is 66.8. The molecule has 0 aromatic heterocycles. The first-order chi connectivity index (χ1) is 63.2. The predicted octanol–water partition coefficient (Wildman–Crippen LogP) is 26.9. The molecule has 5 nitrogen and oxygen atoms in total. The molecule has 0 radical (unpaired) electrons. The van der Waals surface area contributed by atoms with Crippen LogP contribution in [0.4, 0.5) is 24.3 Å². The van der Waals surface area contributed by atoms with Crippen molar-refractivity contribution in [1.29, 1.82) is 0 Å². The summed E-state index contributed by atoms with van der Waals surface area (Å²) >= 11 is 0.00912. The van der Waals surface area contributed by atoms with Crippen molar-refractivity contribution in [3.63, 3.8) is 0 Å². The number of rotatable bonds is 17. The van der Waals surface area contributed by atoms with E-state index < -0.39 is 66.9 Å². The molecule has 0 spiro atoms. The van der Waals surface area contributed by atoms with E-state index in [2.05, 4.69) is 438 Å². The molecule has 12 aromatic carbocycles. The molecule has 0 atom stereocenters. The molecule has 12 aromatic rings. The van der Waals surface area contributed by atoms with Gasteiger partial charge in [-0.25, -0.2) is 6.54 Å². The van der Waals surface area contributed by atoms with Crippen LogP contribution in [0.2, 0.25) is 32.7 Å².